The first-order valence-corrected chi connectivity index (χ1v) is 7.36. The molecule has 98 valence electrons. The second-order valence-corrected chi connectivity index (χ2v) is 7.25. The summed E-state index contributed by atoms with van der Waals surface area (Å²) in [5, 5.41) is 0. The topological polar surface area (TPSA) is 63.4 Å². The van der Waals surface area contributed by atoms with Crippen LogP contribution in [0.15, 0.2) is 0 Å². The maximum absolute atomic E-state index is 11.3. The minimum Gasteiger partial charge on any atom is -0.330 e. The predicted octanol–water partition coefficient (Wildman–Crippen LogP) is 0.514. The molecule has 1 saturated heterocycles. The molecule has 0 bridgehead atoms. The van der Waals surface area contributed by atoms with Crippen molar-refractivity contribution in [1.29, 1.82) is 0 Å². The van der Waals surface area contributed by atoms with Crippen LogP contribution in [0.25, 0.3) is 0 Å². The van der Waals surface area contributed by atoms with Gasteiger partial charge in [0.15, 0.2) is 9.84 Å². The van der Waals surface area contributed by atoms with Crippen molar-refractivity contribution in [2.75, 3.05) is 37.7 Å². The SMILES string of the molecule is CCS(=O)(=O)CCN1CCC(C)(CN)C1.Cl. The summed E-state index contributed by atoms with van der Waals surface area (Å²) < 4.78 is 22.7. The smallest absolute Gasteiger partial charge is 0.151 e. The highest BCUT2D eigenvalue weighted by Crippen LogP contribution is 2.28. The molecule has 16 heavy (non-hydrogen) atoms. The van der Waals surface area contributed by atoms with Gasteiger partial charge in [0, 0.05) is 18.8 Å². The average Bonchev–Trinajstić information content (AvgIpc) is 2.59. The summed E-state index contributed by atoms with van der Waals surface area (Å²) in [6.07, 6.45) is 1.08. The molecular formula is C10H23ClN2O2S. The van der Waals surface area contributed by atoms with Gasteiger partial charge in [-0.15, -0.1) is 12.4 Å². The van der Waals surface area contributed by atoms with Crippen LogP contribution in [0, 0.1) is 5.41 Å². The van der Waals surface area contributed by atoms with Crippen molar-refractivity contribution in [3.8, 4) is 0 Å². The van der Waals surface area contributed by atoms with Gasteiger partial charge in [0.1, 0.15) is 0 Å². The van der Waals surface area contributed by atoms with Gasteiger partial charge < -0.3 is 10.6 Å². The summed E-state index contributed by atoms with van der Waals surface area (Å²) in [6.45, 7) is 7.12. The molecule has 1 atom stereocenters. The fourth-order valence-electron chi connectivity index (χ4n) is 1.90. The van der Waals surface area contributed by atoms with Crippen LogP contribution in [0.4, 0.5) is 0 Å². The second kappa shape index (κ2) is 6.19. The van der Waals surface area contributed by atoms with Gasteiger partial charge in [0.2, 0.25) is 0 Å². The highest BCUT2D eigenvalue weighted by Gasteiger charge is 2.32. The van der Waals surface area contributed by atoms with E-state index in [1.165, 1.54) is 0 Å². The van der Waals surface area contributed by atoms with Crippen LogP contribution < -0.4 is 5.73 Å². The molecule has 1 heterocycles. The second-order valence-electron chi connectivity index (χ2n) is 4.78. The first-order chi connectivity index (χ1) is 6.91. The van der Waals surface area contributed by atoms with Crippen molar-refractivity contribution in [3.63, 3.8) is 0 Å². The van der Waals surface area contributed by atoms with Crippen LogP contribution >= 0.6 is 12.4 Å². The minimum absolute atomic E-state index is 0. The van der Waals surface area contributed by atoms with E-state index in [2.05, 4.69) is 11.8 Å². The molecule has 4 nitrogen and oxygen atoms in total. The molecule has 0 amide bonds. The predicted molar refractivity (Wildman–Crippen MR) is 69.8 cm³/mol. The molecule has 2 N–H and O–H groups in total. The average molecular weight is 271 g/mol. The third kappa shape index (κ3) is 4.57. The lowest BCUT2D eigenvalue weighted by Gasteiger charge is -2.22. The van der Waals surface area contributed by atoms with Gasteiger partial charge in [0.25, 0.3) is 0 Å². The van der Waals surface area contributed by atoms with Crippen LogP contribution in [-0.4, -0.2) is 51.0 Å². The highest BCUT2D eigenvalue weighted by molar-refractivity contribution is 7.91. The molecule has 1 rings (SSSR count). The summed E-state index contributed by atoms with van der Waals surface area (Å²) >= 11 is 0. The van der Waals surface area contributed by atoms with E-state index in [9.17, 15) is 8.42 Å². The first-order valence-electron chi connectivity index (χ1n) is 5.54. The number of nitrogens with two attached hydrogens (primary N) is 1. The molecule has 1 aliphatic heterocycles. The highest BCUT2D eigenvalue weighted by atomic mass is 35.5. The van der Waals surface area contributed by atoms with Crippen LogP contribution in [0.1, 0.15) is 20.3 Å². The number of nitrogens with zero attached hydrogens (tertiary/aromatic N) is 1. The van der Waals surface area contributed by atoms with Crippen molar-refractivity contribution in [3.05, 3.63) is 0 Å². The van der Waals surface area contributed by atoms with Gasteiger partial charge in [-0.25, -0.2) is 8.42 Å². The van der Waals surface area contributed by atoms with Crippen molar-refractivity contribution < 1.29 is 8.42 Å². The fourth-order valence-corrected chi connectivity index (χ4v) is 2.72. The van der Waals surface area contributed by atoms with Gasteiger partial charge in [-0.1, -0.05) is 13.8 Å². The summed E-state index contributed by atoms with van der Waals surface area (Å²) in [5.74, 6) is 0.527. The number of rotatable bonds is 5. The van der Waals surface area contributed by atoms with E-state index in [-0.39, 0.29) is 29.3 Å². The lowest BCUT2D eigenvalue weighted by Crippen LogP contribution is -2.33. The van der Waals surface area contributed by atoms with E-state index in [1.807, 2.05) is 0 Å². The molecule has 0 aromatic rings. The zero-order chi connectivity index (χ0) is 11.5. The Morgan fingerprint density at radius 3 is 2.50 bits per heavy atom. The van der Waals surface area contributed by atoms with E-state index in [4.69, 9.17) is 5.73 Å². The Kier molecular flexibility index (Phi) is 6.25. The molecule has 6 heteroatoms. The fraction of sp³-hybridized carbons (Fsp3) is 1.00. The Hall–Kier alpha value is 0.160. The number of likely N-dealkylation sites (tertiary alicyclic amines) is 1. The molecule has 0 aromatic carbocycles. The van der Waals surface area contributed by atoms with Crippen LogP contribution in [0.5, 0.6) is 0 Å². The maximum Gasteiger partial charge on any atom is 0.151 e. The number of hydrogen-bond acceptors (Lipinski definition) is 4. The maximum atomic E-state index is 11.3. The zero-order valence-electron chi connectivity index (χ0n) is 10.1. The summed E-state index contributed by atoms with van der Waals surface area (Å²) in [7, 11) is -2.82. The van der Waals surface area contributed by atoms with Crippen molar-refractivity contribution >= 4 is 22.2 Å². The summed E-state index contributed by atoms with van der Waals surface area (Å²) in [5.41, 5.74) is 5.88. The molecule has 0 saturated carbocycles. The van der Waals surface area contributed by atoms with E-state index < -0.39 is 9.84 Å². The van der Waals surface area contributed by atoms with Crippen LogP contribution in [0.2, 0.25) is 0 Å². The van der Waals surface area contributed by atoms with Gasteiger partial charge >= 0.3 is 0 Å². The first kappa shape index (κ1) is 16.2. The Labute approximate surface area is 105 Å². The van der Waals surface area contributed by atoms with Crippen molar-refractivity contribution in [1.82, 2.24) is 4.90 Å². The number of halogens is 1. The standard InChI is InChI=1S/C10H22N2O2S.ClH/c1-3-15(13,14)7-6-12-5-4-10(2,8-11)9-12;/h3-9,11H2,1-2H3;1H. The van der Waals surface area contributed by atoms with Gasteiger partial charge in [0.05, 0.1) is 5.75 Å². The Balaban J connectivity index is 0.00000225. The zero-order valence-corrected chi connectivity index (χ0v) is 11.7. The van der Waals surface area contributed by atoms with Crippen molar-refractivity contribution in [2.45, 2.75) is 20.3 Å². The third-order valence-corrected chi connectivity index (χ3v) is 4.97. The quantitative estimate of drug-likeness (QED) is 0.791. The molecular weight excluding hydrogens is 248 g/mol. The number of hydrogen-bond donors (Lipinski definition) is 1. The molecule has 1 unspecified atom stereocenters. The van der Waals surface area contributed by atoms with Crippen molar-refractivity contribution in [2.24, 2.45) is 11.1 Å². The summed E-state index contributed by atoms with van der Waals surface area (Å²) in [4.78, 5) is 2.21. The van der Waals surface area contributed by atoms with Gasteiger partial charge in [-0.3, -0.25) is 0 Å². The largest absolute Gasteiger partial charge is 0.330 e. The number of sulfone groups is 1. The Morgan fingerprint density at radius 2 is 2.06 bits per heavy atom. The molecule has 0 aromatic heterocycles. The van der Waals surface area contributed by atoms with Gasteiger partial charge in [-0.2, -0.15) is 0 Å². The Morgan fingerprint density at radius 1 is 1.44 bits per heavy atom. The molecule has 0 aliphatic carbocycles. The van der Waals surface area contributed by atoms with Gasteiger partial charge in [-0.05, 0) is 24.9 Å². The van der Waals surface area contributed by atoms with E-state index in [0.717, 1.165) is 19.5 Å². The van der Waals surface area contributed by atoms with E-state index >= 15 is 0 Å². The molecule has 0 radical (unpaired) electrons. The summed E-state index contributed by atoms with van der Waals surface area (Å²) in [6, 6.07) is 0. The van der Waals surface area contributed by atoms with E-state index in [0.29, 0.717) is 13.1 Å². The van der Waals surface area contributed by atoms with Crippen LogP contribution in [-0.2, 0) is 9.84 Å². The lowest BCUT2D eigenvalue weighted by molar-refractivity contribution is 0.291. The van der Waals surface area contributed by atoms with Crippen LogP contribution in [0.3, 0.4) is 0 Å². The Bertz CT molecular complexity index is 308. The lowest BCUT2D eigenvalue weighted by atomic mass is 9.90. The minimum atomic E-state index is -2.82. The third-order valence-electron chi connectivity index (χ3n) is 3.29. The molecule has 1 fully saturated rings. The normalized spacial score (nSPS) is 26.7. The monoisotopic (exact) mass is 270 g/mol. The molecule has 1 aliphatic rings. The molecule has 0 spiro atoms. The van der Waals surface area contributed by atoms with E-state index in [1.54, 1.807) is 6.92 Å².